The smallest absolute Gasteiger partial charge is 0.0705 e. The fraction of sp³-hybridized carbons (Fsp3) is 0.154. The first-order valence-electron chi connectivity index (χ1n) is 4.77. The maximum atomic E-state index is 4.45. The van der Waals surface area contributed by atoms with E-state index in [0.29, 0.717) is 0 Å². The Balaban J connectivity index is 2.55. The number of hydrogen-bond acceptors (Lipinski definition) is 1. The lowest BCUT2D eigenvalue weighted by atomic mass is 10.1. The molecule has 1 heteroatoms. The molecule has 0 aliphatic rings. The zero-order chi connectivity index (χ0) is 9.97. The van der Waals surface area contributed by atoms with Crippen LogP contribution in [0, 0.1) is 6.92 Å². The Morgan fingerprint density at radius 1 is 1.29 bits per heavy atom. The van der Waals surface area contributed by atoms with Gasteiger partial charge in [0.25, 0.3) is 0 Å². The summed E-state index contributed by atoms with van der Waals surface area (Å²) >= 11 is 0. The first-order chi connectivity index (χ1) is 6.79. The van der Waals surface area contributed by atoms with Gasteiger partial charge in [-0.2, -0.15) is 0 Å². The van der Waals surface area contributed by atoms with Crippen molar-refractivity contribution in [3.63, 3.8) is 0 Å². The van der Waals surface area contributed by atoms with Crippen LogP contribution in [-0.2, 0) is 6.42 Å². The number of rotatable bonds is 2. The van der Waals surface area contributed by atoms with Gasteiger partial charge in [-0.3, -0.25) is 4.98 Å². The molecule has 0 radical (unpaired) electrons. The van der Waals surface area contributed by atoms with Gasteiger partial charge >= 0.3 is 0 Å². The van der Waals surface area contributed by atoms with Crippen LogP contribution in [0.5, 0.6) is 0 Å². The third-order valence-corrected chi connectivity index (χ3v) is 2.27. The van der Waals surface area contributed by atoms with E-state index in [1.807, 2.05) is 19.1 Å². The summed E-state index contributed by atoms with van der Waals surface area (Å²) < 4.78 is 0. The SMILES string of the molecule is C=CCc1ccc2nc(C)ccc2c1. The number of nitrogens with zero attached hydrogens (tertiary/aromatic N) is 1. The van der Waals surface area contributed by atoms with Gasteiger partial charge in [-0.05, 0) is 37.1 Å². The Morgan fingerprint density at radius 2 is 2.14 bits per heavy atom. The zero-order valence-electron chi connectivity index (χ0n) is 8.33. The van der Waals surface area contributed by atoms with Crippen molar-refractivity contribution in [2.24, 2.45) is 0 Å². The van der Waals surface area contributed by atoms with E-state index in [1.165, 1.54) is 10.9 Å². The predicted octanol–water partition coefficient (Wildman–Crippen LogP) is 3.27. The summed E-state index contributed by atoms with van der Waals surface area (Å²) in [6.07, 6.45) is 2.84. The molecule has 1 heterocycles. The van der Waals surface area contributed by atoms with Crippen molar-refractivity contribution < 1.29 is 0 Å². The molecule has 1 nitrogen and oxygen atoms in total. The van der Waals surface area contributed by atoms with Crippen LogP contribution < -0.4 is 0 Å². The van der Waals surface area contributed by atoms with Crippen molar-refractivity contribution >= 4 is 10.9 Å². The summed E-state index contributed by atoms with van der Waals surface area (Å²) in [6.45, 7) is 5.75. The van der Waals surface area contributed by atoms with E-state index < -0.39 is 0 Å². The molecular weight excluding hydrogens is 170 g/mol. The molecule has 0 saturated heterocycles. The van der Waals surface area contributed by atoms with E-state index in [0.717, 1.165) is 17.6 Å². The zero-order valence-corrected chi connectivity index (χ0v) is 8.33. The highest BCUT2D eigenvalue weighted by Gasteiger charge is 1.96. The minimum Gasteiger partial charge on any atom is -0.253 e. The van der Waals surface area contributed by atoms with Crippen molar-refractivity contribution in [1.82, 2.24) is 4.98 Å². The maximum absolute atomic E-state index is 4.45. The van der Waals surface area contributed by atoms with Gasteiger partial charge < -0.3 is 0 Å². The number of benzene rings is 1. The van der Waals surface area contributed by atoms with Crippen LogP contribution in [-0.4, -0.2) is 4.98 Å². The number of fused-ring (bicyclic) bond motifs is 1. The highest BCUT2D eigenvalue weighted by atomic mass is 14.7. The van der Waals surface area contributed by atoms with E-state index >= 15 is 0 Å². The third kappa shape index (κ3) is 1.67. The van der Waals surface area contributed by atoms with Crippen molar-refractivity contribution in [1.29, 1.82) is 0 Å². The molecule has 0 atom stereocenters. The number of aryl methyl sites for hydroxylation is 1. The van der Waals surface area contributed by atoms with E-state index in [4.69, 9.17) is 0 Å². The van der Waals surface area contributed by atoms with Crippen LogP contribution in [0.4, 0.5) is 0 Å². The lowest BCUT2D eigenvalue weighted by Crippen LogP contribution is -1.85. The average Bonchev–Trinajstić information content (AvgIpc) is 2.19. The number of allylic oxidation sites excluding steroid dienone is 1. The van der Waals surface area contributed by atoms with Crippen LogP contribution >= 0.6 is 0 Å². The second-order valence-electron chi connectivity index (χ2n) is 3.47. The average molecular weight is 183 g/mol. The number of pyridine rings is 1. The molecule has 0 amide bonds. The molecule has 14 heavy (non-hydrogen) atoms. The molecule has 70 valence electrons. The summed E-state index contributed by atoms with van der Waals surface area (Å²) in [4.78, 5) is 4.45. The van der Waals surface area contributed by atoms with Crippen LogP contribution in [0.1, 0.15) is 11.3 Å². The van der Waals surface area contributed by atoms with Crippen molar-refractivity contribution in [2.75, 3.05) is 0 Å². The van der Waals surface area contributed by atoms with Gasteiger partial charge in [0.05, 0.1) is 5.52 Å². The van der Waals surface area contributed by atoms with Gasteiger partial charge in [0.15, 0.2) is 0 Å². The molecule has 0 spiro atoms. The Morgan fingerprint density at radius 3 is 2.93 bits per heavy atom. The fourth-order valence-electron chi connectivity index (χ4n) is 1.57. The first-order valence-corrected chi connectivity index (χ1v) is 4.77. The number of aromatic nitrogens is 1. The molecule has 0 aliphatic carbocycles. The van der Waals surface area contributed by atoms with Crippen LogP contribution in [0.2, 0.25) is 0 Å². The molecule has 1 aromatic heterocycles. The van der Waals surface area contributed by atoms with E-state index in [2.05, 4.69) is 35.8 Å². The molecule has 0 unspecified atom stereocenters. The quantitative estimate of drug-likeness (QED) is 0.651. The minimum atomic E-state index is 0.920. The highest BCUT2D eigenvalue weighted by Crippen LogP contribution is 2.15. The summed E-state index contributed by atoms with van der Waals surface area (Å²) in [6, 6.07) is 10.5. The molecule has 1 aromatic carbocycles. The Labute approximate surface area is 84.1 Å². The maximum Gasteiger partial charge on any atom is 0.0705 e. The Bertz CT molecular complexity index is 472. The van der Waals surface area contributed by atoms with Gasteiger partial charge in [-0.1, -0.05) is 18.2 Å². The summed E-state index contributed by atoms with van der Waals surface area (Å²) in [5.41, 5.74) is 3.42. The summed E-state index contributed by atoms with van der Waals surface area (Å²) in [5.74, 6) is 0. The predicted molar refractivity (Wildman–Crippen MR) is 60.4 cm³/mol. The largest absolute Gasteiger partial charge is 0.253 e. The van der Waals surface area contributed by atoms with Crippen molar-refractivity contribution in [3.8, 4) is 0 Å². The lowest BCUT2D eigenvalue weighted by molar-refractivity contribution is 1.24. The normalized spacial score (nSPS) is 10.4. The highest BCUT2D eigenvalue weighted by molar-refractivity contribution is 5.79. The molecule has 0 aliphatic heterocycles. The first kappa shape index (κ1) is 8.95. The number of hydrogen-bond donors (Lipinski definition) is 0. The Kier molecular flexibility index (Phi) is 2.32. The third-order valence-electron chi connectivity index (χ3n) is 2.27. The van der Waals surface area contributed by atoms with E-state index in [9.17, 15) is 0 Å². The second kappa shape index (κ2) is 3.62. The lowest BCUT2D eigenvalue weighted by Gasteiger charge is -2.01. The molecule has 0 bridgehead atoms. The second-order valence-corrected chi connectivity index (χ2v) is 3.47. The van der Waals surface area contributed by atoms with Crippen molar-refractivity contribution in [2.45, 2.75) is 13.3 Å². The van der Waals surface area contributed by atoms with Crippen LogP contribution in [0.15, 0.2) is 43.0 Å². The molecular formula is C13H13N. The molecule has 0 N–H and O–H groups in total. The fourth-order valence-corrected chi connectivity index (χ4v) is 1.57. The molecule has 0 saturated carbocycles. The van der Waals surface area contributed by atoms with Crippen LogP contribution in [0.25, 0.3) is 10.9 Å². The minimum absolute atomic E-state index is 0.920. The molecule has 0 fully saturated rings. The van der Waals surface area contributed by atoms with Crippen LogP contribution in [0.3, 0.4) is 0 Å². The van der Waals surface area contributed by atoms with E-state index in [1.54, 1.807) is 0 Å². The summed E-state index contributed by atoms with van der Waals surface area (Å²) in [5, 5.41) is 1.20. The monoisotopic (exact) mass is 183 g/mol. The van der Waals surface area contributed by atoms with Gasteiger partial charge in [0, 0.05) is 11.1 Å². The van der Waals surface area contributed by atoms with Crippen molar-refractivity contribution in [3.05, 3.63) is 54.2 Å². The molecule has 2 rings (SSSR count). The van der Waals surface area contributed by atoms with Gasteiger partial charge in [0.1, 0.15) is 0 Å². The van der Waals surface area contributed by atoms with Gasteiger partial charge in [0.2, 0.25) is 0 Å². The van der Waals surface area contributed by atoms with Gasteiger partial charge in [-0.15, -0.1) is 6.58 Å². The summed E-state index contributed by atoms with van der Waals surface area (Å²) in [7, 11) is 0. The standard InChI is InChI=1S/C13H13N/c1-3-4-11-6-8-13-12(9-11)7-5-10(2)14-13/h3,5-9H,1,4H2,2H3. The Hall–Kier alpha value is -1.63. The molecule has 2 aromatic rings. The van der Waals surface area contributed by atoms with Gasteiger partial charge in [-0.25, -0.2) is 0 Å². The van der Waals surface area contributed by atoms with E-state index in [-0.39, 0.29) is 0 Å². The topological polar surface area (TPSA) is 12.9 Å².